The summed E-state index contributed by atoms with van der Waals surface area (Å²) in [6.45, 7) is 6.80. The lowest BCUT2D eigenvalue weighted by Gasteiger charge is -2.26. The van der Waals surface area contributed by atoms with Gasteiger partial charge in [-0.05, 0) is 92.2 Å². The summed E-state index contributed by atoms with van der Waals surface area (Å²) >= 11 is 6.07. The van der Waals surface area contributed by atoms with Crippen LogP contribution in [0.3, 0.4) is 0 Å². The molecular weight excluding hydrogens is 585 g/mol. The molecule has 0 bridgehead atoms. The standard InChI is InChI=1S/C30H26ClFN2O5.C4H11N/c1-39-26-14-18(6-9-24(26)33-27(35)22-15-21(32)7-8-23(22)31)28(36)34-13-12-30(11-10-20(17-30)29(37)38)16-19-4-2-3-5-25(19)34;1-3-5-4-2/h2-9,14-15,17H,10-13,16H2,1H3,(H,33,35)(H,37,38);5H,3-4H2,1-2H3/t30-;/m0./s1. The van der Waals surface area contributed by atoms with Gasteiger partial charge in [0.2, 0.25) is 0 Å². The number of benzene rings is 3. The number of fused-ring (bicyclic) bond motifs is 1. The molecule has 0 saturated heterocycles. The Bertz CT molecular complexity index is 1570. The first-order valence-corrected chi connectivity index (χ1v) is 15.0. The van der Waals surface area contributed by atoms with Gasteiger partial charge in [0.05, 0.1) is 23.4 Å². The lowest BCUT2D eigenvalue weighted by atomic mass is 9.79. The molecule has 8 nitrogen and oxygen atoms in total. The van der Waals surface area contributed by atoms with E-state index in [2.05, 4.69) is 24.5 Å². The van der Waals surface area contributed by atoms with Crippen molar-refractivity contribution in [1.82, 2.24) is 5.32 Å². The van der Waals surface area contributed by atoms with Gasteiger partial charge in [-0.15, -0.1) is 0 Å². The second-order valence-corrected chi connectivity index (χ2v) is 11.2. The summed E-state index contributed by atoms with van der Waals surface area (Å²) in [6.07, 6.45) is 4.40. The van der Waals surface area contributed by atoms with Gasteiger partial charge in [-0.2, -0.15) is 0 Å². The number of carbonyl (C=O) groups is 3. The van der Waals surface area contributed by atoms with E-state index in [1.807, 2.05) is 30.3 Å². The molecule has 3 aromatic rings. The predicted octanol–water partition coefficient (Wildman–Crippen LogP) is 6.74. The van der Waals surface area contributed by atoms with Gasteiger partial charge in [-0.3, -0.25) is 9.59 Å². The number of methoxy groups -OCH3 is 1. The van der Waals surface area contributed by atoms with E-state index in [1.165, 1.54) is 13.2 Å². The highest BCUT2D eigenvalue weighted by Crippen LogP contribution is 2.46. The number of hydrogen-bond donors (Lipinski definition) is 3. The number of hydrogen-bond acceptors (Lipinski definition) is 5. The van der Waals surface area contributed by atoms with Crippen LogP contribution < -0.4 is 20.3 Å². The fourth-order valence-corrected chi connectivity index (χ4v) is 5.86. The van der Waals surface area contributed by atoms with E-state index in [9.17, 15) is 23.9 Å². The molecule has 2 aliphatic rings. The third kappa shape index (κ3) is 7.46. The molecule has 232 valence electrons. The van der Waals surface area contributed by atoms with Crippen LogP contribution in [0.25, 0.3) is 0 Å². The number of carboxylic acid groups (broad SMARTS) is 1. The zero-order valence-electron chi connectivity index (χ0n) is 25.1. The molecular formula is C34H37ClFN3O5. The van der Waals surface area contributed by atoms with Crippen molar-refractivity contribution in [3.05, 3.63) is 99.8 Å². The Labute approximate surface area is 261 Å². The van der Waals surface area contributed by atoms with E-state index in [4.69, 9.17) is 16.3 Å². The monoisotopic (exact) mass is 621 g/mol. The number of aliphatic carboxylic acids is 1. The number of ether oxygens (including phenoxy) is 1. The number of nitrogens with zero attached hydrogens (tertiary/aromatic N) is 1. The normalized spacial score (nSPS) is 17.1. The first-order valence-electron chi connectivity index (χ1n) is 14.6. The Hall–Kier alpha value is -4.21. The fourth-order valence-electron chi connectivity index (χ4n) is 5.65. The van der Waals surface area contributed by atoms with Crippen molar-refractivity contribution in [2.75, 3.05) is 37.0 Å². The van der Waals surface area contributed by atoms with Crippen LogP contribution in [0.2, 0.25) is 5.02 Å². The minimum atomic E-state index is -0.892. The molecule has 3 N–H and O–H groups in total. The summed E-state index contributed by atoms with van der Waals surface area (Å²) < 4.78 is 19.1. The molecule has 2 amide bonds. The maximum Gasteiger partial charge on any atom is 0.331 e. The SMILES string of the molecule is CCNCC.COc1cc(C(=O)N2CC[C@]3(C=C(C(=O)O)CC3)Cc3ccccc32)ccc1NC(=O)c1cc(F)ccc1Cl. The average molecular weight is 622 g/mol. The third-order valence-corrected chi connectivity index (χ3v) is 8.25. The molecule has 0 radical (unpaired) electrons. The van der Waals surface area contributed by atoms with Gasteiger partial charge in [0.15, 0.2) is 0 Å². The van der Waals surface area contributed by atoms with E-state index in [1.54, 1.807) is 23.1 Å². The number of amides is 2. The summed E-state index contributed by atoms with van der Waals surface area (Å²) in [5.41, 5.74) is 2.50. The molecule has 0 fully saturated rings. The maximum absolute atomic E-state index is 13.8. The van der Waals surface area contributed by atoms with Gasteiger partial charge in [0.25, 0.3) is 11.8 Å². The number of carboxylic acids is 1. The highest BCUT2D eigenvalue weighted by atomic mass is 35.5. The molecule has 1 aliphatic heterocycles. The molecule has 3 aromatic carbocycles. The van der Waals surface area contributed by atoms with Crippen molar-refractivity contribution >= 4 is 40.8 Å². The summed E-state index contributed by atoms with van der Waals surface area (Å²) in [6, 6.07) is 15.9. The van der Waals surface area contributed by atoms with E-state index in [0.29, 0.717) is 42.6 Å². The second kappa shape index (κ2) is 14.5. The zero-order valence-corrected chi connectivity index (χ0v) is 25.8. The Morgan fingerprint density at radius 1 is 1.05 bits per heavy atom. The lowest BCUT2D eigenvalue weighted by Crippen LogP contribution is -2.33. The topological polar surface area (TPSA) is 108 Å². The lowest BCUT2D eigenvalue weighted by molar-refractivity contribution is -0.132. The minimum absolute atomic E-state index is 0.0269. The largest absolute Gasteiger partial charge is 0.495 e. The molecule has 1 atom stereocenters. The smallest absolute Gasteiger partial charge is 0.331 e. The van der Waals surface area contributed by atoms with Crippen molar-refractivity contribution in [2.24, 2.45) is 5.41 Å². The van der Waals surface area contributed by atoms with Crippen molar-refractivity contribution in [3.8, 4) is 5.75 Å². The molecule has 1 aliphatic carbocycles. The number of nitrogens with one attached hydrogen (secondary N) is 2. The van der Waals surface area contributed by atoms with Gasteiger partial charge in [0.1, 0.15) is 11.6 Å². The average Bonchev–Trinajstić information content (AvgIpc) is 3.36. The third-order valence-electron chi connectivity index (χ3n) is 7.92. The summed E-state index contributed by atoms with van der Waals surface area (Å²) in [5.74, 6) is -2.09. The van der Waals surface area contributed by atoms with Crippen LogP contribution in [0.1, 0.15) is 59.4 Å². The first-order chi connectivity index (χ1) is 21.1. The molecule has 0 saturated carbocycles. The molecule has 44 heavy (non-hydrogen) atoms. The Balaban J connectivity index is 0.000000818. The molecule has 10 heteroatoms. The number of anilines is 2. The van der Waals surface area contributed by atoms with E-state index in [0.717, 1.165) is 42.9 Å². The Morgan fingerprint density at radius 2 is 1.80 bits per heavy atom. The summed E-state index contributed by atoms with van der Waals surface area (Å²) in [4.78, 5) is 39.9. The molecule has 0 unspecified atom stereocenters. The number of carbonyl (C=O) groups excluding carboxylic acids is 2. The second-order valence-electron chi connectivity index (χ2n) is 10.8. The summed E-state index contributed by atoms with van der Waals surface area (Å²) in [7, 11) is 1.42. The van der Waals surface area contributed by atoms with Crippen molar-refractivity contribution in [3.63, 3.8) is 0 Å². The van der Waals surface area contributed by atoms with Crippen LogP contribution in [0.4, 0.5) is 15.8 Å². The maximum atomic E-state index is 13.8. The fraction of sp³-hybridized carbons (Fsp3) is 0.324. The van der Waals surface area contributed by atoms with Crippen LogP contribution in [0.15, 0.2) is 72.3 Å². The van der Waals surface area contributed by atoms with Crippen LogP contribution in [0, 0.1) is 11.2 Å². The van der Waals surface area contributed by atoms with Gasteiger partial charge >= 0.3 is 5.97 Å². The highest BCUT2D eigenvalue weighted by Gasteiger charge is 2.39. The quantitative estimate of drug-likeness (QED) is 0.270. The highest BCUT2D eigenvalue weighted by molar-refractivity contribution is 6.34. The van der Waals surface area contributed by atoms with Gasteiger partial charge in [0, 0.05) is 23.4 Å². The first kappa shape index (κ1) is 32.7. The minimum Gasteiger partial charge on any atom is -0.495 e. The van der Waals surface area contributed by atoms with Crippen LogP contribution in [-0.2, 0) is 11.2 Å². The Kier molecular flexibility index (Phi) is 10.8. The van der Waals surface area contributed by atoms with E-state index in [-0.39, 0.29) is 27.7 Å². The number of allylic oxidation sites excluding steroid dienone is 1. The van der Waals surface area contributed by atoms with Gasteiger partial charge in [-0.1, -0.05) is 49.7 Å². The van der Waals surface area contributed by atoms with Crippen molar-refractivity contribution < 1.29 is 28.6 Å². The zero-order chi connectivity index (χ0) is 31.9. The van der Waals surface area contributed by atoms with Crippen molar-refractivity contribution in [2.45, 2.75) is 39.5 Å². The number of para-hydroxylation sites is 1. The van der Waals surface area contributed by atoms with Gasteiger partial charge in [-0.25, -0.2) is 9.18 Å². The van der Waals surface area contributed by atoms with Gasteiger partial charge < -0.3 is 25.4 Å². The van der Waals surface area contributed by atoms with E-state index >= 15 is 0 Å². The van der Waals surface area contributed by atoms with E-state index < -0.39 is 17.7 Å². The Morgan fingerprint density at radius 3 is 2.45 bits per heavy atom. The molecule has 0 aromatic heterocycles. The number of rotatable bonds is 7. The molecule has 1 heterocycles. The van der Waals surface area contributed by atoms with Crippen LogP contribution in [0.5, 0.6) is 5.75 Å². The van der Waals surface area contributed by atoms with Crippen LogP contribution in [-0.4, -0.2) is 49.6 Å². The number of halogens is 2. The summed E-state index contributed by atoms with van der Waals surface area (Å²) in [5, 5.41) is 15.4. The van der Waals surface area contributed by atoms with Crippen LogP contribution >= 0.6 is 11.6 Å². The molecule has 5 rings (SSSR count). The van der Waals surface area contributed by atoms with Crippen molar-refractivity contribution in [1.29, 1.82) is 0 Å². The molecule has 1 spiro atoms. The predicted molar refractivity (Wildman–Crippen MR) is 170 cm³/mol.